The Bertz CT molecular complexity index is 229. The van der Waals surface area contributed by atoms with Gasteiger partial charge in [0.2, 0.25) is 0 Å². The Labute approximate surface area is 73.7 Å². The van der Waals surface area contributed by atoms with Gasteiger partial charge in [0.15, 0.2) is 0 Å². The van der Waals surface area contributed by atoms with Crippen LogP contribution in [0.5, 0.6) is 0 Å². The largest absolute Gasteiger partial charge is 0.501 e. The van der Waals surface area contributed by atoms with Crippen LogP contribution in [0, 0.1) is 0 Å². The van der Waals surface area contributed by atoms with E-state index in [1.54, 1.807) is 6.26 Å². The Morgan fingerprint density at radius 3 is 3.17 bits per heavy atom. The van der Waals surface area contributed by atoms with Gasteiger partial charge in [-0.05, 0) is 25.0 Å². The average Bonchev–Trinajstić information content (AvgIpc) is 2.14. The first-order chi connectivity index (χ1) is 5.93. The maximum atomic E-state index is 5.06. The molecular formula is C11H14O. The monoisotopic (exact) mass is 162 g/mol. The zero-order chi connectivity index (χ0) is 8.65. The van der Waals surface area contributed by atoms with E-state index in [1.165, 1.54) is 5.57 Å². The van der Waals surface area contributed by atoms with E-state index >= 15 is 0 Å². The normalized spacial score (nSPS) is 14.8. The Balaban J connectivity index is 2.42. The number of allylic oxidation sites excluding steroid dienone is 2. The predicted molar refractivity (Wildman–Crippen MR) is 50.7 cm³/mol. The van der Waals surface area contributed by atoms with Gasteiger partial charge in [-0.2, -0.15) is 0 Å². The van der Waals surface area contributed by atoms with E-state index in [0.29, 0.717) is 0 Å². The first-order valence-corrected chi connectivity index (χ1v) is 4.26. The van der Waals surface area contributed by atoms with E-state index < -0.39 is 0 Å². The number of hydrogen-bond donors (Lipinski definition) is 0. The number of hydrogen-bond acceptors (Lipinski definition) is 1. The molecule has 1 aliphatic heterocycles. The van der Waals surface area contributed by atoms with Gasteiger partial charge in [0, 0.05) is 12.0 Å². The number of unbranched alkanes of at least 4 members (excludes halogenated alkanes) is 1. The van der Waals surface area contributed by atoms with E-state index in [1.807, 2.05) is 12.2 Å². The van der Waals surface area contributed by atoms with Crippen LogP contribution in [0.1, 0.15) is 19.3 Å². The van der Waals surface area contributed by atoms with Crippen LogP contribution in [-0.2, 0) is 4.74 Å². The Kier molecular flexibility index (Phi) is 4.04. The third-order valence-corrected chi connectivity index (χ3v) is 1.66. The average molecular weight is 162 g/mol. The lowest BCUT2D eigenvalue weighted by Gasteiger charge is -2.05. The molecule has 64 valence electrons. The molecular weight excluding hydrogens is 148 g/mol. The topological polar surface area (TPSA) is 9.23 Å². The van der Waals surface area contributed by atoms with E-state index in [2.05, 4.69) is 18.4 Å². The van der Waals surface area contributed by atoms with Gasteiger partial charge in [-0.25, -0.2) is 0 Å². The van der Waals surface area contributed by atoms with Gasteiger partial charge in [-0.3, -0.25) is 0 Å². The van der Waals surface area contributed by atoms with Crippen molar-refractivity contribution in [3.05, 3.63) is 42.4 Å². The summed E-state index contributed by atoms with van der Waals surface area (Å²) in [5.41, 5.74) is 4.46. The summed E-state index contributed by atoms with van der Waals surface area (Å²) in [5, 5.41) is 0. The summed E-state index contributed by atoms with van der Waals surface area (Å²) >= 11 is 0. The Hall–Kier alpha value is -1.20. The molecule has 0 aromatic heterocycles. The third kappa shape index (κ3) is 3.27. The van der Waals surface area contributed by atoms with Gasteiger partial charge in [0.25, 0.3) is 0 Å². The van der Waals surface area contributed by atoms with Crippen LogP contribution in [0.3, 0.4) is 0 Å². The van der Waals surface area contributed by atoms with E-state index in [4.69, 9.17) is 4.74 Å². The highest BCUT2D eigenvalue weighted by molar-refractivity contribution is 5.18. The van der Waals surface area contributed by atoms with E-state index in [9.17, 15) is 0 Å². The van der Waals surface area contributed by atoms with Crippen molar-refractivity contribution < 1.29 is 4.74 Å². The quantitative estimate of drug-likeness (QED) is 0.352. The zero-order valence-electron chi connectivity index (χ0n) is 7.25. The summed E-state index contributed by atoms with van der Waals surface area (Å²) in [6.45, 7) is 4.44. The van der Waals surface area contributed by atoms with Crippen LogP contribution in [0.2, 0.25) is 0 Å². The third-order valence-electron chi connectivity index (χ3n) is 1.66. The molecule has 1 heterocycles. The van der Waals surface area contributed by atoms with Crippen LogP contribution < -0.4 is 0 Å². The lowest BCUT2D eigenvalue weighted by atomic mass is 10.2. The minimum atomic E-state index is 0.786. The molecule has 1 aliphatic rings. The fraction of sp³-hybridized carbons (Fsp3) is 0.364. The van der Waals surface area contributed by atoms with Crippen molar-refractivity contribution in [2.75, 3.05) is 6.61 Å². The second-order valence-corrected chi connectivity index (χ2v) is 2.66. The number of ether oxygens (including phenoxy) is 1. The van der Waals surface area contributed by atoms with Gasteiger partial charge in [0.05, 0.1) is 12.9 Å². The highest BCUT2D eigenvalue weighted by atomic mass is 16.5. The second-order valence-electron chi connectivity index (χ2n) is 2.66. The molecule has 0 saturated heterocycles. The SMILES string of the molecule is C=CCCC=C=C1C=COCC1. The molecule has 0 aromatic carbocycles. The summed E-state index contributed by atoms with van der Waals surface area (Å²) in [6, 6.07) is 0. The van der Waals surface area contributed by atoms with Crippen LogP contribution in [0.4, 0.5) is 0 Å². The molecule has 0 aliphatic carbocycles. The molecule has 0 spiro atoms. The molecule has 0 atom stereocenters. The highest BCUT2D eigenvalue weighted by Gasteiger charge is 1.95. The predicted octanol–water partition coefficient (Wildman–Crippen LogP) is 2.97. The summed E-state index contributed by atoms with van der Waals surface area (Å²) in [4.78, 5) is 0. The van der Waals surface area contributed by atoms with Gasteiger partial charge in [-0.15, -0.1) is 12.3 Å². The number of rotatable bonds is 3. The Morgan fingerprint density at radius 2 is 2.50 bits per heavy atom. The molecule has 0 N–H and O–H groups in total. The maximum Gasteiger partial charge on any atom is 0.0919 e. The fourth-order valence-electron chi connectivity index (χ4n) is 0.975. The van der Waals surface area contributed by atoms with Crippen molar-refractivity contribution in [1.29, 1.82) is 0 Å². The first-order valence-electron chi connectivity index (χ1n) is 4.26. The van der Waals surface area contributed by atoms with Crippen LogP contribution >= 0.6 is 0 Å². The molecule has 1 heteroatoms. The molecule has 0 saturated carbocycles. The smallest absolute Gasteiger partial charge is 0.0919 e. The molecule has 0 radical (unpaired) electrons. The van der Waals surface area contributed by atoms with Crippen LogP contribution in [0.25, 0.3) is 0 Å². The van der Waals surface area contributed by atoms with Crippen molar-refractivity contribution in [1.82, 2.24) is 0 Å². The minimum Gasteiger partial charge on any atom is -0.501 e. The molecule has 0 fully saturated rings. The highest BCUT2D eigenvalue weighted by Crippen LogP contribution is 2.07. The Morgan fingerprint density at radius 1 is 1.58 bits per heavy atom. The van der Waals surface area contributed by atoms with Crippen molar-refractivity contribution in [3.8, 4) is 0 Å². The standard InChI is InChI=1S/C11H14O/c1-2-3-4-5-6-11-7-9-12-10-8-11/h2,5,7,9H,1,3-4,8,10H2. The molecule has 0 unspecified atom stereocenters. The van der Waals surface area contributed by atoms with Crippen molar-refractivity contribution >= 4 is 0 Å². The minimum absolute atomic E-state index is 0.786. The van der Waals surface area contributed by atoms with Crippen molar-refractivity contribution in [3.63, 3.8) is 0 Å². The van der Waals surface area contributed by atoms with Gasteiger partial charge in [0.1, 0.15) is 0 Å². The lowest BCUT2D eigenvalue weighted by Crippen LogP contribution is -1.94. The van der Waals surface area contributed by atoms with E-state index in [0.717, 1.165) is 25.9 Å². The molecule has 0 bridgehead atoms. The van der Waals surface area contributed by atoms with Gasteiger partial charge in [-0.1, -0.05) is 6.08 Å². The molecule has 0 amide bonds. The summed E-state index contributed by atoms with van der Waals surface area (Å²) < 4.78 is 5.06. The second kappa shape index (κ2) is 5.45. The zero-order valence-corrected chi connectivity index (χ0v) is 7.25. The van der Waals surface area contributed by atoms with Gasteiger partial charge >= 0.3 is 0 Å². The summed E-state index contributed by atoms with van der Waals surface area (Å²) in [7, 11) is 0. The van der Waals surface area contributed by atoms with Crippen molar-refractivity contribution in [2.24, 2.45) is 0 Å². The molecule has 0 aromatic rings. The fourth-order valence-corrected chi connectivity index (χ4v) is 0.975. The van der Waals surface area contributed by atoms with Crippen LogP contribution in [0.15, 0.2) is 42.4 Å². The molecule has 1 nitrogen and oxygen atoms in total. The van der Waals surface area contributed by atoms with E-state index in [-0.39, 0.29) is 0 Å². The van der Waals surface area contributed by atoms with Gasteiger partial charge < -0.3 is 4.74 Å². The molecule has 12 heavy (non-hydrogen) atoms. The molecule has 1 rings (SSSR count). The summed E-state index contributed by atoms with van der Waals surface area (Å²) in [5.74, 6) is 0. The first kappa shape index (κ1) is 8.89. The van der Waals surface area contributed by atoms with Crippen molar-refractivity contribution in [2.45, 2.75) is 19.3 Å². The lowest BCUT2D eigenvalue weighted by molar-refractivity contribution is 0.245. The van der Waals surface area contributed by atoms with Crippen LogP contribution in [-0.4, -0.2) is 6.61 Å². The maximum absolute atomic E-state index is 5.06. The summed E-state index contributed by atoms with van der Waals surface area (Å²) in [6.07, 6.45) is 10.7.